The smallest absolute Gasteiger partial charge is 0.450 e. The molecule has 6 rings (SSSR count). The zero-order valence-corrected chi connectivity index (χ0v) is 21.8. The van der Waals surface area contributed by atoms with Gasteiger partial charge in [0.15, 0.2) is 0 Å². The van der Waals surface area contributed by atoms with Crippen LogP contribution in [0.4, 0.5) is 19.2 Å². The van der Waals surface area contributed by atoms with Crippen LogP contribution in [0.25, 0.3) is 43.1 Å². The fourth-order valence-electron chi connectivity index (χ4n) is 4.47. The van der Waals surface area contributed by atoms with Crippen LogP contribution in [0.2, 0.25) is 0 Å². The van der Waals surface area contributed by atoms with Gasteiger partial charge in [-0.15, -0.1) is 0 Å². The zero-order chi connectivity index (χ0) is 30.6. The van der Waals surface area contributed by atoms with Gasteiger partial charge in [0.25, 0.3) is 0 Å². The molecule has 0 atom stereocenters. The third kappa shape index (κ3) is 8.20. The molecule has 42 heavy (non-hydrogen) atoms. The number of rotatable bonds is 2. The average molecular weight is 572 g/mol. The van der Waals surface area contributed by atoms with Gasteiger partial charge in [0, 0.05) is 6.54 Å². The quantitative estimate of drug-likeness (QED) is 0.0518. The van der Waals surface area contributed by atoms with Gasteiger partial charge in [-0.2, -0.15) is 0 Å². The van der Waals surface area contributed by atoms with Gasteiger partial charge in [-0.25, -0.2) is 19.2 Å². The molecule has 0 unspecified atom stereocenters. The van der Waals surface area contributed by atoms with E-state index < -0.39 is 24.6 Å². The van der Waals surface area contributed by atoms with E-state index in [1.54, 1.807) is 12.1 Å². The van der Waals surface area contributed by atoms with Gasteiger partial charge >= 0.3 is 24.6 Å². The van der Waals surface area contributed by atoms with Crippen LogP contribution in [0.15, 0.2) is 103 Å². The minimum Gasteiger partial charge on any atom is -0.450 e. The molecule has 0 spiro atoms. The second-order valence-electron chi connectivity index (χ2n) is 8.48. The molecule has 0 fully saturated rings. The monoisotopic (exact) mass is 571 g/mol. The predicted octanol–water partition coefficient (Wildman–Crippen LogP) is 7.77. The number of hydrogen-bond acceptors (Lipinski definition) is 5. The van der Waals surface area contributed by atoms with Gasteiger partial charge in [0.1, 0.15) is 0 Å². The summed E-state index contributed by atoms with van der Waals surface area (Å²) in [6.45, 7) is 0.243. The Labute approximate surface area is 237 Å². The summed E-state index contributed by atoms with van der Waals surface area (Å²) in [5, 5.41) is 49.2. The van der Waals surface area contributed by atoms with Crippen molar-refractivity contribution in [1.82, 2.24) is 5.32 Å². The number of hydrogen-bond donors (Lipinski definition) is 6. The van der Waals surface area contributed by atoms with E-state index in [0.717, 1.165) is 5.56 Å². The second-order valence-corrected chi connectivity index (χ2v) is 8.48. The van der Waals surface area contributed by atoms with Crippen molar-refractivity contribution in [2.75, 3.05) is 0 Å². The number of benzene rings is 6. The highest BCUT2D eigenvalue weighted by Crippen LogP contribution is 2.39. The summed E-state index contributed by atoms with van der Waals surface area (Å²) in [4.78, 5) is 37.8. The van der Waals surface area contributed by atoms with Crippen LogP contribution in [0.5, 0.6) is 0 Å². The Balaban J connectivity index is 0.000000192. The van der Waals surface area contributed by atoms with Crippen LogP contribution >= 0.6 is 0 Å². The van der Waals surface area contributed by atoms with Crippen molar-refractivity contribution in [3.63, 3.8) is 0 Å². The van der Waals surface area contributed by atoms with E-state index in [1.807, 2.05) is 18.2 Å². The van der Waals surface area contributed by atoms with E-state index >= 15 is 0 Å². The normalized spacial score (nSPS) is 9.90. The molecular formula is C31H25NO10. The van der Waals surface area contributed by atoms with Crippen LogP contribution < -0.4 is 5.32 Å². The maximum atomic E-state index is 10.7. The number of nitrogens with one attached hydrogen (secondary N) is 1. The first-order valence-corrected chi connectivity index (χ1v) is 12.2. The highest BCUT2D eigenvalue weighted by Gasteiger charge is 2.11. The Bertz CT molecular complexity index is 1650. The SMILES string of the molecule is O=C(O)O.O=C(O)O.O=C(O)OC(=O)NCc1ccccc1.c1cc2cccc3c4cccc5cccc(c(c1)c23)c54. The maximum absolute atomic E-state index is 10.7. The lowest BCUT2D eigenvalue weighted by molar-refractivity contribution is 0.109. The molecule has 0 radical (unpaired) electrons. The van der Waals surface area contributed by atoms with E-state index in [1.165, 1.54) is 43.1 Å². The molecule has 0 saturated heterocycles. The molecule has 0 aromatic heterocycles. The fourth-order valence-corrected chi connectivity index (χ4v) is 4.47. The number of alkyl carbamates (subject to hydrolysis) is 1. The van der Waals surface area contributed by atoms with Gasteiger partial charge in [0.05, 0.1) is 0 Å². The van der Waals surface area contributed by atoms with Crippen molar-refractivity contribution in [2.45, 2.75) is 6.54 Å². The third-order valence-corrected chi connectivity index (χ3v) is 5.85. The molecule has 0 aliphatic heterocycles. The van der Waals surface area contributed by atoms with E-state index in [4.69, 9.17) is 35.1 Å². The molecule has 6 aromatic rings. The number of carboxylic acid groups (broad SMARTS) is 5. The molecule has 6 N–H and O–H groups in total. The summed E-state index contributed by atoms with van der Waals surface area (Å²) in [6, 6.07) is 35.5. The van der Waals surface area contributed by atoms with Crippen LogP contribution in [-0.2, 0) is 11.3 Å². The number of amides is 1. The van der Waals surface area contributed by atoms with Gasteiger partial charge < -0.3 is 35.6 Å². The number of carbonyl (C=O) groups excluding carboxylic acids is 1. The van der Waals surface area contributed by atoms with Gasteiger partial charge in [-0.1, -0.05) is 103 Å². The molecule has 214 valence electrons. The largest absolute Gasteiger partial charge is 0.514 e. The number of ether oxygens (including phenoxy) is 1. The van der Waals surface area contributed by atoms with Crippen LogP contribution in [-0.4, -0.2) is 50.1 Å². The van der Waals surface area contributed by atoms with Crippen LogP contribution in [0.1, 0.15) is 5.56 Å². The number of carbonyl (C=O) groups is 4. The van der Waals surface area contributed by atoms with E-state index in [2.05, 4.69) is 82.9 Å². The van der Waals surface area contributed by atoms with Crippen LogP contribution in [0, 0.1) is 0 Å². The number of fused-ring (bicyclic) bond motifs is 2. The maximum Gasteiger partial charge on any atom is 0.514 e. The Kier molecular flexibility index (Phi) is 10.4. The molecule has 11 heteroatoms. The summed E-state index contributed by atoms with van der Waals surface area (Å²) >= 11 is 0. The van der Waals surface area contributed by atoms with E-state index in [-0.39, 0.29) is 6.54 Å². The van der Waals surface area contributed by atoms with Crippen molar-refractivity contribution in [2.24, 2.45) is 0 Å². The fraction of sp³-hybridized carbons (Fsp3) is 0.0323. The van der Waals surface area contributed by atoms with Crippen molar-refractivity contribution >= 4 is 67.6 Å². The Morgan fingerprint density at radius 2 is 0.881 bits per heavy atom. The summed E-state index contributed by atoms with van der Waals surface area (Å²) in [5.41, 5.74) is 0.870. The minimum atomic E-state index is -1.83. The van der Waals surface area contributed by atoms with Gasteiger partial charge in [0.2, 0.25) is 0 Å². The van der Waals surface area contributed by atoms with Crippen molar-refractivity contribution < 1.29 is 49.4 Å². The summed E-state index contributed by atoms with van der Waals surface area (Å²) in [7, 11) is 0. The molecule has 0 aliphatic carbocycles. The lowest BCUT2D eigenvalue weighted by atomic mass is 9.90. The second kappa shape index (κ2) is 14.3. The Hall–Kier alpha value is -6.10. The topological polar surface area (TPSA) is 191 Å². The van der Waals surface area contributed by atoms with Gasteiger partial charge in [-0.05, 0) is 48.7 Å². The van der Waals surface area contributed by atoms with E-state index in [9.17, 15) is 9.59 Å². The molecule has 0 aliphatic rings. The minimum absolute atomic E-state index is 0.243. The molecule has 0 bridgehead atoms. The van der Waals surface area contributed by atoms with Crippen molar-refractivity contribution in [3.8, 4) is 0 Å². The summed E-state index contributed by atoms with van der Waals surface area (Å²) in [6.07, 6.45) is -6.25. The Morgan fingerprint density at radius 3 is 1.21 bits per heavy atom. The van der Waals surface area contributed by atoms with Crippen LogP contribution in [0.3, 0.4) is 0 Å². The van der Waals surface area contributed by atoms with Crippen molar-refractivity contribution in [3.05, 3.63) is 109 Å². The predicted molar refractivity (Wildman–Crippen MR) is 157 cm³/mol. The molecule has 0 saturated carbocycles. The summed E-state index contributed by atoms with van der Waals surface area (Å²) < 4.78 is 3.84. The summed E-state index contributed by atoms with van der Waals surface area (Å²) in [5.74, 6) is 0. The molecule has 0 heterocycles. The first-order valence-electron chi connectivity index (χ1n) is 12.2. The first kappa shape index (κ1) is 30.4. The first-order chi connectivity index (χ1) is 20.1. The molecule has 11 nitrogen and oxygen atoms in total. The third-order valence-electron chi connectivity index (χ3n) is 5.85. The van der Waals surface area contributed by atoms with Gasteiger partial charge in [-0.3, -0.25) is 0 Å². The highest BCUT2D eigenvalue weighted by atomic mass is 16.7. The lowest BCUT2D eigenvalue weighted by Gasteiger charge is -2.13. The highest BCUT2D eigenvalue weighted by molar-refractivity contribution is 6.32. The Morgan fingerprint density at radius 1 is 0.524 bits per heavy atom. The molecule has 6 aromatic carbocycles. The molecule has 1 amide bonds. The zero-order valence-electron chi connectivity index (χ0n) is 21.8. The lowest BCUT2D eigenvalue weighted by Crippen LogP contribution is -2.25. The standard InChI is InChI=1S/C20H12.C9H9NO4.2CH2O3/c1-5-13-6-2-11-17-18-12-4-8-14-7-3-10-16(20(14)18)15(9-1)19(13)17;11-8(14-9(12)13)10-6-7-4-2-1-3-5-7;2*2-1(3)4/h1-12H;1-5H,6H2,(H,10,11)(H,12,13);2*(H2,2,3,4). The average Bonchev–Trinajstić information content (AvgIpc) is 2.95. The molecular weight excluding hydrogens is 546 g/mol. The van der Waals surface area contributed by atoms with Crippen molar-refractivity contribution in [1.29, 1.82) is 0 Å². The van der Waals surface area contributed by atoms with E-state index in [0.29, 0.717) is 0 Å².